The largest absolute Gasteiger partial charge is 0.365 e. The summed E-state index contributed by atoms with van der Waals surface area (Å²) in [4.78, 5) is 10.2. The molecule has 0 bridgehead atoms. The van der Waals surface area contributed by atoms with Crippen molar-refractivity contribution in [3.05, 3.63) is 45.9 Å². The van der Waals surface area contributed by atoms with E-state index in [0.717, 1.165) is 12.1 Å². The minimum atomic E-state index is -0.304. The molecule has 1 N–H and O–H groups in total. The van der Waals surface area contributed by atoms with Crippen molar-refractivity contribution in [2.24, 2.45) is 5.92 Å². The van der Waals surface area contributed by atoms with E-state index in [2.05, 4.69) is 5.32 Å². The summed E-state index contributed by atoms with van der Waals surface area (Å²) in [7, 11) is 0. The Hall–Kier alpha value is -1.58. The quantitative estimate of drug-likeness (QED) is 0.532. The fraction of sp³-hybridized carbons (Fsp3) is 0.455. The van der Waals surface area contributed by atoms with Gasteiger partial charge in [-0.3, -0.25) is 10.1 Å². The summed E-state index contributed by atoms with van der Waals surface area (Å²) in [6.45, 7) is 4.00. The molecule has 0 amide bonds. The second kappa shape index (κ2) is 5.34. The molecule has 15 heavy (non-hydrogen) atoms. The van der Waals surface area contributed by atoms with Gasteiger partial charge in [-0.1, -0.05) is 19.9 Å². The first-order valence-corrected chi connectivity index (χ1v) is 5.26. The molecule has 1 aliphatic carbocycles. The molecule has 0 saturated heterocycles. The normalized spacial score (nSPS) is 22.4. The summed E-state index contributed by atoms with van der Waals surface area (Å²) in [6, 6.07) is 0. The molecule has 1 aliphatic heterocycles. The second-order valence-electron chi connectivity index (χ2n) is 3.19. The van der Waals surface area contributed by atoms with Gasteiger partial charge in [-0.25, -0.2) is 0 Å². The highest BCUT2D eigenvalue weighted by atomic mass is 16.6. The van der Waals surface area contributed by atoms with Crippen molar-refractivity contribution in [2.75, 3.05) is 0 Å². The molecule has 0 aromatic carbocycles. The van der Waals surface area contributed by atoms with E-state index in [9.17, 15) is 10.1 Å². The topological polar surface area (TPSA) is 55.2 Å². The van der Waals surface area contributed by atoms with E-state index < -0.39 is 0 Å². The fourth-order valence-electron chi connectivity index (χ4n) is 1.62. The van der Waals surface area contributed by atoms with Gasteiger partial charge in [0.1, 0.15) is 0 Å². The van der Waals surface area contributed by atoms with Crippen LogP contribution in [0.15, 0.2) is 35.8 Å². The van der Waals surface area contributed by atoms with Crippen LogP contribution in [0.1, 0.15) is 26.7 Å². The van der Waals surface area contributed by atoms with E-state index in [0.29, 0.717) is 18.0 Å². The minimum Gasteiger partial charge on any atom is -0.365 e. The summed E-state index contributed by atoms with van der Waals surface area (Å²) in [5, 5.41) is 13.6. The zero-order valence-corrected chi connectivity index (χ0v) is 9.06. The lowest BCUT2D eigenvalue weighted by atomic mass is 10.0. The van der Waals surface area contributed by atoms with Crippen LogP contribution < -0.4 is 5.32 Å². The number of fused-ring (bicyclic) bond motifs is 1. The van der Waals surface area contributed by atoms with Crippen LogP contribution in [0.4, 0.5) is 0 Å². The first-order chi connectivity index (χ1) is 7.27. The van der Waals surface area contributed by atoms with Gasteiger partial charge in [0, 0.05) is 24.1 Å². The van der Waals surface area contributed by atoms with Crippen molar-refractivity contribution in [1.82, 2.24) is 5.32 Å². The van der Waals surface area contributed by atoms with Crippen molar-refractivity contribution in [3.8, 4) is 0 Å². The number of nitrogens with one attached hydrogen (secondary N) is 1. The number of rotatable bonds is 1. The Kier molecular flexibility index (Phi) is 4.09. The van der Waals surface area contributed by atoms with E-state index in [1.54, 1.807) is 12.2 Å². The van der Waals surface area contributed by atoms with Gasteiger partial charge in [-0.2, -0.15) is 0 Å². The van der Waals surface area contributed by atoms with Gasteiger partial charge in [-0.15, -0.1) is 0 Å². The molecular weight excluding hydrogens is 192 g/mol. The van der Waals surface area contributed by atoms with Crippen LogP contribution in [-0.4, -0.2) is 4.92 Å². The van der Waals surface area contributed by atoms with Crippen LogP contribution in [0.25, 0.3) is 0 Å². The van der Waals surface area contributed by atoms with Crippen LogP contribution >= 0.6 is 0 Å². The molecule has 1 atom stereocenters. The zero-order chi connectivity index (χ0) is 11.3. The molecule has 1 heterocycles. The molecule has 0 saturated carbocycles. The minimum absolute atomic E-state index is 0.303. The Morgan fingerprint density at radius 3 is 2.87 bits per heavy atom. The Morgan fingerprint density at radius 1 is 1.47 bits per heavy atom. The lowest BCUT2D eigenvalue weighted by molar-refractivity contribution is -0.428. The highest BCUT2D eigenvalue weighted by molar-refractivity contribution is 5.27. The maximum atomic E-state index is 10.5. The molecule has 1 unspecified atom stereocenters. The standard InChI is InChI=1S/C9H10N2O2.C2H6/c12-11(13)8-2-1-7-5-6-10-9(7)4-3-8;1-2/h3-7,10H,1-2H2;1-2H3. The molecule has 82 valence electrons. The SMILES string of the molecule is CC.O=[N+]([O-])C1=CC=C2NC=CC2CC1. The van der Waals surface area contributed by atoms with E-state index >= 15 is 0 Å². The van der Waals surface area contributed by atoms with Gasteiger partial charge in [0.15, 0.2) is 0 Å². The van der Waals surface area contributed by atoms with Gasteiger partial charge < -0.3 is 5.32 Å². The third-order valence-corrected chi connectivity index (χ3v) is 2.38. The zero-order valence-electron chi connectivity index (χ0n) is 9.06. The lowest BCUT2D eigenvalue weighted by Crippen LogP contribution is -2.05. The van der Waals surface area contributed by atoms with Crippen molar-refractivity contribution in [1.29, 1.82) is 0 Å². The van der Waals surface area contributed by atoms with Crippen LogP contribution in [0, 0.1) is 16.0 Å². The van der Waals surface area contributed by atoms with Crippen LogP contribution in [-0.2, 0) is 0 Å². The maximum absolute atomic E-state index is 10.5. The van der Waals surface area contributed by atoms with Gasteiger partial charge >= 0.3 is 0 Å². The molecule has 0 aromatic heterocycles. The summed E-state index contributed by atoms with van der Waals surface area (Å²) in [6.07, 6.45) is 8.70. The van der Waals surface area contributed by atoms with E-state index in [4.69, 9.17) is 0 Å². The average molecular weight is 208 g/mol. The molecule has 0 radical (unpaired) electrons. The third-order valence-electron chi connectivity index (χ3n) is 2.38. The molecule has 0 spiro atoms. The van der Waals surface area contributed by atoms with E-state index in [-0.39, 0.29) is 4.92 Å². The number of allylic oxidation sites excluding steroid dienone is 4. The van der Waals surface area contributed by atoms with E-state index in [1.165, 1.54) is 0 Å². The van der Waals surface area contributed by atoms with Crippen molar-refractivity contribution >= 4 is 0 Å². The Balaban J connectivity index is 0.000000531. The average Bonchev–Trinajstić information content (AvgIpc) is 2.60. The van der Waals surface area contributed by atoms with Crippen LogP contribution in [0.3, 0.4) is 0 Å². The molecule has 2 rings (SSSR count). The monoisotopic (exact) mass is 208 g/mol. The predicted octanol–water partition coefficient (Wildman–Crippen LogP) is 2.58. The van der Waals surface area contributed by atoms with E-state index in [1.807, 2.05) is 26.1 Å². The first kappa shape index (κ1) is 11.5. The van der Waals surface area contributed by atoms with Gasteiger partial charge in [0.05, 0.1) is 4.92 Å². The van der Waals surface area contributed by atoms with Crippen LogP contribution in [0.2, 0.25) is 0 Å². The molecule has 4 nitrogen and oxygen atoms in total. The summed E-state index contributed by atoms with van der Waals surface area (Å²) in [5.74, 6) is 0.341. The number of nitrogens with zero attached hydrogens (tertiary/aromatic N) is 1. The molecule has 4 heteroatoms. The number of hydrogen-bond donors (Lipinski definition) is 1. The van der Waals surface area contributed by atoms with Crippen molar-refractivity contribution in [3.63, 3.8) is 0 Å². The first-order valence-electron chi connectivity index (χ1n) is 5.26. The molecule has 0 fully saturated rings. The smallest absolute Gasteiger partial charge is 0.246 e. The van der Waals surface area contributed by atoms with Gasteiger partial charge in [0.25, 0.3) is 0 Å². The molecule has 0 aromatic rings. The highest BCUT2D eigenvalue weighted by Gasteiger charge is 2.21. The van der Waals surface area contributed by atoms with Gasteiger partial charge in [-0.05, 0) is 18.7 Å². The Labute approximate surface area is 89.5 Å². The lowest BCUT2D eigenvalue weighted by Gasteiger charge is -2.06. The third kappa shape index (κ3) is 2.68. The molecule has 2 aliphatic rings. The second-order valence-corrected chi connectivity index (χ2v) is 3.19. The summed E-state index contributed by atoms with van der Waals surface area (Å²) >= 11 is 0. The summed E-state index contributed by atoms with van der Waals surface area (Å²) < 4.78 is 0. The van der Waals surface area contributed by atoms with Crippen LogP contribution in [0.5, 0.6) is 0 Å². The fourth-order valence-corrected chi connectivity index (χ4v) is 1.62. The van der Waals surface area contributed by atoms with Gasteiger partial charge in [0.2, 0.25) is 5.70 Å². The Morgan fingerprint density at radius 2 is 2.20 bits per heavy atom. The number of hydrogen-bond acceptors (Lipinski definition) is 3. The van der Waals surface area contributed by atoms with Crippen molar-refractivity contribution in [2.45, 2.75) is 26.7 Å². The number of nitro groups is 1. The summed E-state index contributed by atoms with van der Waals surface area (Å²) in [5.41, 5.74) is 1.37. The highest BCUT2D eigenvalue weighted by Crippen LogP contribution is 2.26. The maximum Gasteiger partial charge on any atom is 0.246 e. The Bertz CT molecular complexity index is 329. The van der Waals surface area contributed by atoms with Crippen molar-refractivity contribution < 1.29 is 4.92 Å². The predicted molar refractivity (Wildman–Crippen MR) is 59.5 cm³/mol. The molecular formula is C11H16N2O2.